The zero-order valence-electron chi connectivity index (χ0n) is 9.29. The number of fused-ring (bicyclic) bond motifs is 1. The van der Waals surface area contributed by atoms with Gasteiger partial charge >= 0.3 is 0 Å². The molecule has 0 aromatic heterocycles. The number of ether oxygens (including phenoxy) is 1. The summed E-state index contributed by atoms with van der Waals surface area (Å²) in [4.78, 5) is 0. The van der Waals surface area contributed by atoms with Crippen molar-refractivity contribution in [2.45, 2.75) is 18.9 Å². The molecule has 0 spiro atoms. The Balaban J connectivity index is 2.30. The van der Waals surface area contributed by atoms with Gasteiger partial charge in [0.05, 0.1) is 6.61 Å². The predicted molar refractivity (Wildman–Crippen MR) is 62.3 cm³/mol. The highest BCUT2D eigenvalue weighted by Crippen LogP contribution is 2.36. The summed E-state index contributed by atoms with van der Waals surface area (Å²) < 4.78 is 5.66. The van der Waals surface area contributed by atoms with Gasteiger partial charge in [-0.3, -0.25) is 0 Å². The Morgan fingerprint density at radius 3 is 2.93 bits per heavy atom. The van der Waals surface area contributed by atoms with E-state index >= 15 is 0 Å². The van der Waals surface area contributed by atoms with Crippen molar-refractivity contribution in [3.8, 4) is 5.75 Å². The summed E-state index contributed by atoms with van der Waals surface area (Å²) in [6.45, 7) is 6.83. The Labute approximate surface area is 91.0 Å². The van der Waals surface area contributed by atoms with Crippen LogP contribution < -0.4 is 10.1 Å². The fraction of sp³-hybridized carbons (Fsp3) is 0.385. The maximum atomic E-state index is 5.66. The van der Waals surface area contributed by atoms with E-state index in [-0.39, 0.29) is 0 Å². The molecule has 2 nitrogen and oxygen atoms in total. The minimum absolute atomic E-state index is 0.300. The first kappa shape index (κ1) is 10.2. The van der Waals surface area contributed by atoms with E-state index in [0.717, 1.165) is 17.9 Å². The molecule has 1 N–H and O–H groups in total. The van der Waals surface area contributed by atoms with Crippen molar-refractivity contribution in [3.05, 3.63) is 42.0 Å². The third kappa shape index (κ3) is 1.77. The molecule has 0 saturated heterocycles. The molecule has 80 valence electrons. The molecular formula is C13H17NO. The van der Waals surface area contributed by atoms with Crippen LogP contribution in [0, 0.1) is 0 Å². The summed E-state index contributed by atoms with van der Waals surface area (Å²) in [7, 11) is 1.97. The number of rotatable bonds is 3. The molecular weight excluding hydrogens is 186 g/mol. The average Bonchev–Trinajstić information content (AvgIpc) is 2.63. The molecule has 1 aliphatic heterocycles. The number of para-hydroxylation sites is 1. The van der Waals surface area contributed by atoms with Gasteiger partial charge in [0.2, 0.25) is 0 Å². The van der Waals surface area contributed by atoms with Crippen LogP contribution in [0.2, 0.25) is 0 Å². The lowest BCUT2D eigenvalue weighted by atomic mass is 9.90. The quantitative estimate of drug-likeness (QED) is 0.761. The minimum Gasteiger partial charge on any atom is -0.493 e. The Hall–Kier alpha value is -1.28. The van der Waals surface area contributed by atoms with Crippen molar-refractivity contribution in [2.24, 2.45) is 0 Å². The van der Waals surface area contributed by atoms with Gasteiger partial charge in [-0.15, -0.1) is 0 Å². The summed E-state index contributed by atoms with van der Waals surface area (Å²) in [5, 5.41) is 3.30. The van der Waals surface area contributed by atoms with Gasteiger partial charge in [0.25, 0.3) is 0 Å². The van der Waals surface area contributed by atoms with Gasteiger partial charge < -0.3 is 10.1 Å². The van der Waals surface area contributed by atoms with Crippen molar-refractivity contribution in [1.82, 2.24) is 5.32 Å². The van der Waals surface area contributed by atoms with Crippen LogP contribution in [0.5, 0.6) is 5.75 Å². The summed E-state index contributed by atoms with van der Waals surface area (Å²) in [5.74, 6) is 1.41. The van der Waals surface area contributed by atoms with E-state index in [2.05, 4.69) is 31.0 Å². The topological polar surface area (TPSA) is 21.3 Å². The fourth-order valence-electron chi connectivity index (χ4n) is 2.25. The zero-order chi connectivity index (χ0) is 10.8. The summed E-state index contributed by atoms with van der Waals surface area (Å²) in [6, 6.07) is 8.54. The lowest BCUT2D eigenvalue weighted by molar-refractivity contribution is 0.313. The van der Waals surface area contributed by atoms with E-state index in [1.165, 1.54) is 5.56 Å². The minimum atomic E-state index is 0.300. The Morgan fingerprint density at radius 2 is 2.27 bits per heavy atom. The molecule has 0 saturated carbocycles. The lowest BCUT2D eigenvalue weighted by Gasteiger charge is -2.22. The smallest absolute Gasteiger partial charge is 0.122 e. The van der Waals surface area contributed by atoms with Crippen LogP contribution in [0.15, 0.2) is 36.4 Å². The summed E-state index contributed by atoms with van der Waals surface area (Å²) in [5.41, 5.74) is 2.45. The maximum Gasteiger partial charge on any atom is 0.122 e. The van der Waals surface area contributed by atoms with Gasteiger partial charge in [0.1, 0.15) is 5.75 Å². The van der Waals surface area contributed by atoms with Crippen LogP contribution in [-0.2, 0) is 0 Å². The summed E-state index contributed by atoms with van der Waals surface area (Å²) >= 11 is 0. The number of hydrogen-bond acceptors (Lipinski definition) is 2. The van der Waals surface area contributed by atoms with Crippen LogP contribution in [-0.4, -0.2) is 19.7 Å². The molecule has 1 aliphatic rings. The molecule has 0 aliphatic carbocycles. The molecule has 2 rings (SSSR count). The highest BCUT2D eigenvalue weighted by Gasteiger charge is 2.30. The van der Waals surface area contributed by atoms with Crippen molar-refractivity contribution >= 4 is 0 Å². The number of hydrogen-bond donors (Lipinski definition) is 1. The van der Waals surface area contributed by atoms with Crippen LogP contribution in [0.4, 0.5) is 0 Å². The van der Waals surface area contributed by atoms with E-state index in [9.17, 15) is 0 Å². The molecule has 15 heavy (non-hydrogen) atoms. The van der Waals surface area contributed by atoms with Crippen molar-refractivity contribution in [2.75, 3.05) is 13.7 Å². The SMILES string of the molecule is C=C(C)C(NC)C1COc2ccccc21. The Bertz CT molecular complexity index is 373. The molecule has 2 heteroatoms. The van der Waals surface area contributed by atoms with E-state index in [0.29, 0.717) is 12.0 Å². The first-order valence-corrected chi connectivity index (χ1v) is 5.28. The third-order valence-electron chi connectivity index (χ3n) is 2.98. The third-order valence-corrected chi connectivity index (χ3v) is 2.98. The Morgan fingerprint density at radius 1 is 1.53 bits per heavy atom. The molecule has 2 unspecified atom stereocenters. The first-order valence-electron chi connectivity index (χ1n) is 5.28. The summed E-state index contributed by atoms with van der Waals surface area (Å²) in [6.07, 6.45) is 0. The van der Waals surface area contributed by atoms with E-state index in [4.69, 9.17) is 4.74 Å². The van der Waals surface area contributed by atoms with Crippen molar-refractivity contribution in [1.29, 1.82) is 0 Å². The molecule has 0 amide bonds. The predicted octanol–water partition coefficient (Wildman–Crippen LogP) is 2.33. The van der Waals surface area contributed by atoms with E-state index < -0.39 is 0 Å². The van der Waals surface area contributed by atoms with Gasteiger partial charge in [0, 0.05) is 17.5 Å². The molecule has 0 radical (unpaired) electrons. The molecule has 0 fully saturated rings. The highest BCUT2D eigenvalue weighted by molar-refractivity contribution is 5.41. The second-order valence-electron chi connectivity index (χ2n) is 4.07. The Kier molecular flexibility index (Phi) is 2.78. The molecule has 2 atom stereocenters. The first-order chi connectivity index (χ1) is 7.24. The maximum absolute atomic E-state index is 5.66. The molecule has 1 aromatic carbocycles. The van der Waals surface area contributed by atoms with E-state index in [1.54, 1.807) is 0 Å². The second kappa shape index (κ2) is 4.07. The number of benzene rings is 1. The largest absolute Gasteiger partial charge is 0.493 e. The fourth-order valence-corrected chi connectivity index (χ4v) is 2.25. The van der Waals surface area contributed by atoms with Gasteiger partial charge in [-0.2, -0.15) is 0 Å². The van der Waals surface area contributed by atoms with Crippen LogP contribution in [0.3, 0.4) is 0 Å². The van der Waals surface area contributed by atoms with Gasteiger partial charge in [-0.1, -0.05) is 30.4 Å². The molecule has 1 aromatic rings. The monoisotopic (exact) mass is 203 g/mol. The molecule has 1 heterocycles. The number of likely N-dealkylation sites (N-methyl/N-ethyl adjacent to an activating group) is 1. The van der Waals surface area contributed by atoms with Gasteiger partial charge in [-0.05, 0) is 20.0 Å². The lowest BCUT2D eigenvalue weighted by Crippen LogP contribution is -2.33. The van der Waals surface area contributed by atoms with Crippen LogP contribution in [0.25, 0.3) is 0 Å². The van der Waals surface area contributed by atoms with Crippen molar-refractivity contribution in [3.63, 3.8) is 0 Å². The number of nitrogens with one attached hydrogen (secondary N) is 1. The van der Waals surface area contributed by atoms with Crippen LogP contribution >= 0.6 is 0 Å². The normalized spacial score (nSPS) is 20.5. The highest BCUT2D eigenvalue weighted by atomic mass is 16.5. The van der Waals surface area contributed by atoms with Gasteiger partial charge in [0.15, 0.2) is 0 Å². The van der Waals surface area contributed by atoms with Crippen LogP contribution in [0.1, 0.15) is 18.4 Å². The van der Waals surface area contributed by atoms with E-state index in [1.807, 2.05) is 19.2 Å². The molecule has 0 bridgehead atoms. The second-order valence-corrected chi connectivity index (χ2v) is 4.07. The van der Waals surface area contributed by atoms with Gasteiger partial charge in [-0.25, -0.2) is 0 Å². The van der Waals surface area contributed by atoms with Crippen molar-refractivity contribution < 1.29 is 4.74 Å². The standard InChI is InChI=1S/C13H17NO/c1-9(2)13(14-3)11-8-15-12-7-5-4-6-10(11)12/h4-7,11,13-14H,1,8H2,2-3H3. The zero-order valence-corrected chi connectivity index (χ0v) is 9.29. The average molecular weight is 203 g/mol.